The SMILES string of the molecule is CCOc1ccccc1C(=O)N[C@@H]1CC(=O)N(c2ccc(F)cc2)C1. The maximum atomic E-state index is 13.0. The zero-order chi connectivity index (χ0) is 17.8. The Bertz CT molecular complexity index is 776. The molecule has 2 amide bonds. The minimum atomic E-state index is -0.354. The third kappa shape index (κ3) is 3.79. The molecule has 1 aliphatic heterocycles. The molecule has 2 aromatic carbocycles. The first-order valence-corrected chi connectivity index (χ1v) is 8.17. The molecule has 0 aliphatic carbocycles. The number of halogens is 1. The average Bonchev–Trinajstić information content (AvgIpc) is 2.96. The summed E-state index contributed by atoms with van der Waals surface area (Å²) in [4.78, 5) is 26.3. The number of nitrogens with zero attached hydrogens (tertiary/aromatic N) is 1. The van der Waals surface area contributed by atoms with Gasteiger partial charge in [0.2, 0.25) is 5.91 Å². The van der Waals surface area contributed by atoms with Crippen LogP contribution in [0.5, 0.6) is 5.75 Å². The molecule has 130 valence electrons. The summed E-state index contributed by atoms with van der Waals surface area (Å²) in [5.74, 6) is -0.215. The van der Waals surface area contributed by atoms with Crippen molar-refractivity contribution in [1.29, 1.82) is 0 Å². The Kier molecular flexibility index (Phi) is 4.97. The van der Waals surface area contributed by atoms with E-state index in [1.807, 2.05) is 6.92 Å². The second-order valence-corrected chi connectivity index (χ2v) is 5.78. The summed E-state index contributed by atoms with van der Waals surface area (Å²) in [6, 6.07) is 12.4. The Balaban J connectivity index is 1.69. The van der Waals surface area contributed by atoms with Crippen molar-refractivity contribution in [3.8, 4) is 5.75 Å². The fourth-order valence-electron chi connectivity index (χ4n) is 2.87. The first-order chi connectivity index (χ1) is 12.1. The van der Waals surface area contributed by atoms with E-state index in [0.717, 1.165) is 0 Å². The number of hydrogen-bond donors (Lipinski definition) is 1. The van der Waals surface area contributed by atoms with E-state index in [4.69, 9.17) is 4.74 Å². The van der Waals surface area contributed by atoms with Gasteiger partial charge in [0.1, 0.15) is 11.6 Å². The number of ether oxygens (including phenoxy) is 1. The second-order valence-electron chi connectivity index (χ2n) is 5.78. The molecule has 0 radical (unpaired) electrons. The van der Waals surface area contributed by atoms with Crippen molar-refractivity contribution in [3.05, 3.63) is 59.9 Å². The molecule has 3 rings (SSSR count). The number of nitrogens with one attached hydrogen (secondary N) is 1. The quantitative estimate of drug-likeness (QED) is 0.909. The van der Waals surface area contributed by atoms with Crippen molar-refractivity contribution >= 4 is 17.5 Å². The van der Waals surface area contributed by atoms with Gasteiger partial charge >= 0.3 is 0 Å². The normalized spacial score (nSPS) is 16.8. The number of amides is 2. The monoisotopic (exact) mass is 342 g/mol. The smallest absolute Gasteiger partial charge is 0.255 e. The van der Waals surface area contributed by atoms with Crippen LogP contribution in [0.25, 0.3) is 0 Å². The van der Waals surface area contributed by atoms with Crippen molar-refractivity contribution in [1.82, 2.24) is 5.32 Å². The van der Waals surface area contributed by atoms with E-state index in [9.17, 15) is 14.0 Å². The molecule has 2 aromatic rings. The van der Waals surface area contributed by atoms with E-state index < -0.39 is 0 Å². The Hall–Kier alpha value is -2.89. The summed E-state index contributed by atoms with van der Waals surface area (Å²) in [5.41, 5.74) is 1.06. The first kappa shape index (κ1) is 17.0. The van der Waals surface area contributed by atoms with E-state index in [1.165, 1.54) is 12.1 Å². The highest BCUT2D eigenvalue weighted by atomic mass is 19.1. The van der Waals surface area contributed by atoms with Gasteiger partial charge in [-0.1, -0.05) is 12.1 Å². The second kappa shape index (κ2) is 7.34. The van der Waals surface area contributed by atoms with Gasteiger partial charge in [-0.3, -0.25) is 9.59 Å². The Morgan fingerprint density at radius 3 is 2.68 bits per heavy atom. The minimum Gasteiger partial charge on any atom is -0.493 e. The van der Waals surface area contributed by atoms with Crippen LogP contribution in [0.1, 0.15) is 23.7 Å². The minimum absolute atomic E-state index is 0.102. The third-order valence-corrected chi connectivity index (χ3v) is 4.03. The standard InChI is InChI=1S/C19H19FN2O3/c1-2-25-17-6-4-3-5-16(17)19(24)21-14-11-18(23)22(12-14)15-9-7-13(20)8-10-15/h3-10,14H,2,11-12H2,1H3,(H,21,24)/t14-/m1/s1. The predicted octanol–water partition coefficient (Wildman–Crippen LogP) is 2.76. The summed E-state index contributed by atoms with van der Waals surface area (Å²) in [6.45, 7) is 2.67. The van der Waals surface area contributed by atoms with Gasteiger partial charge in [-0.05, 0) is 43.3 Å². The molecule has 1 heterocycles. The molecular weight excluding hydrogens is 323 g/mol. The van der Waals surface area contributed by atoms with Gasteiger partial charge < -0.3 is 15.0 Å². The average molecular weight is 342 g/mol. The van der Waals surface area contributed by atoms with Crippen LogP contribution in [0.2, 0.25) is 0 Å². The highest BCUT2D eigenvalue weighted by Gasteiger charge is 2.32. The molecule has 6 heteroatoms. The number of carbonyl (C=O) groups is 2. The molecule has 0 bridgehead atoms. The lowest BCUT2D eigenvalue weighted by Gasteiger charge is -2.17. The van der Waals surface area contributed by atoms with Crippen LogP contribution in [-0.4, -0.2) is 31.0 Å². The highest BCUT2D eigenvalue weighted by molar-refractivity contribution is 6.00. The summed E-state index contributed by atoms with van der Waals surface area (Å²) in [7, 11) is 0. The maximum Gasteiger partial charge on any atom is 0.255 e. The third-order valence-electron chi connectivity index (χ3n) is 4.03. The molecule has 0 spiro atoms. The summed E-state index contributed by atoms with van der Waals surface area (Å²) in [6.07, 6.45) is 0.208. The van der Waals surface area contributed by atoms with Crippen molar-refractivity contribution in [3.63, 3.8) is 0 Å². The highest BCUT2D eigenvalue weighted by Crippen LogP contribution is 2.23. The van der Waals surface area contributed by atoms with Gasteiger partial charge in [-0.2, -0.15) is 0 Å². The van der Waals surface area contributed by atoms with Gasteiger partial charge in [0.25, 0.3) is 5.91 Å². The van der Waals surface area contributed by atoms with Crippen molar-refractivity contribution in [2.75, 3.05) is 18.1 Å². The lowest BCUT2D eigenvalue weighted by Crippen LogP contribution is -2.37. The van der Waals surface area contributed by atoms with Gasteiger partial charge in [0, 0.05) is 18.7 Å². The molecule has 1 aliphatic rings. The van der Waals surface area contributed by atoms with Crippen LogP contribution in [-0.2, 0) is 4.79 Å². The summed E-state index contributed by atoms with van der Waals surface area (Å²) < 4.78 is 18.5. The molecule has 1 atom stereocenters. The molecule has 0 saturated carbocycles. The molecule has 1 fully saturated rings. The lowest BCUT2D eigenvalue weighted by atomic mass is 10.1. The van der Waals surface area contributed by atoms with Crippen molar-refractivity contribution in [2.24, 2.45) is 0 Å². The Labute approximate surface area is 145 Å². The molecule has 0 unspecified atom stereocenters. The lowest BCUT2D eigenvalue weighted by molar-refractivity contribution is -0.117. The molecule has 1 N–H and O–H groups in total. The molecular formula is C19H19FN2O3. The molecule has 5 nitrogen and oxygen atoms in total. The van der Waals surface area contributed by atoms with Crippen molar-refractivity contribution < 1.29 is 18.7 Å². The van der Waals surface area contributed by atoms with Crippen molar-refractivity contribution in [2.45, 2.75) is 19.4 Å². The van der Waals surface area contributed by atoms with Crippen LogP contribution < -0.4 is 15.0 Å². The van der Waals surface area contributed by atoms with Gasteiger partial charge in [0.05, 0.1) is 18.2 Å². The summed E-state index contributed by atoms with van der Waals surface area (Å²) >= 11 is 0. The van der Waals surface area contributed by atoms with E-state index in [0.29, 0.717) is 30.2 Å². The number of rotatable bonds is 5. The number of carbonyl (C=O) groups excluding carboxylic acids is 2. The summed E-state index contributed by atoms with van der Waals surface area (Å²) in [5, 5.41) is 2.88. The Morgan fingerprint density at radius 1 is 1.24 bits per heavy atom. The van der Waals surface area contributed by atoms with Gasteiger partial charge in [0.15, 0.2) is 0 Å². The number of benzene rings is 2. The molecule has 0 aromatic heterocycles. The first-order valence-electron chi connectivity index (χ1n) is 8.17. The molecule has 1 saturated heterocycles. The van der Waals surface area contributed by atoms with E-state index in [-0.39, 0.29) is 30.1 Å². The van der Waals surface area contributed by atoms with Gasteiger partial charge in [-0.15, -0.1) is 0 Å². The van der Waals surface area contributed by atoms with E-state index in [2.05, 4.69) is 5.32 Å². The maximum absolute atomic E-state index is 13.0. The fourth-order valence-corrected chi connectivity index (χ4v) is 2.87. The van der Waals surface area contributed by atoms with Gasteiger partial charge in [-0.25, -0.2) is 4.39 Å². The zero-order valence-electron chi connectivity index (χ0n) is 13.9. The van der Waals surface area contributed by atoms with E-state index >= 15 is 0 Å². The topological polar surface area (TPSA) is 58.6 Å². The van der Waals surface area contributed by atoms with Crippen LogP contribution in [0.15, 0.2) is 48.5 Å². The van der Waals surface area contributed by atoms with Crippen LogP contribution >= 0.6 is 0 Å². The zero-order valence-corrected chi connectivity index (χ0v) is 13.9. The number of para-hydroxylation sites is 1. The van der Waals surface area contributed by atoms with E-state index in [1.54, 1.807) is 41.3 Å². The van der Waals surface area contributed by atoms with Crippen LogP contribution in [0.3, 0.4) is 0 Å². The largest absolute Gasteiger partial charge is 0.493 e. The Morgan fingerprint density at radius 2 is 1.96 bits per heavy atom. The fraction of sp³-hybridized carbons (Fsp3) is 0.263. The molecule has 25 heavy (non-hydrogen) atoms. The van der Waals surface area contributed by atoms with Crippen LogP contribution in [0, 0.1) is 5.82 Å². The predicted molar refractivity (Wildman–Crippen MR) is 92.2 cm³/mol. The number of hydrogen-bond acceptors (Lipinski definition) is 3. The van der Waals surface area contributed by atoms with Crippen LogP contribution in [0.4, 0.5) is 10.1 Å². The number of anilines is 1.